The van der Waals surface area contributed by atoms with Gasteiger partial charge in [-0.2, -0.15) is 0 Å². The average molecular weight is 512 g/mol. The molecular weight excluding hydrogens is 491 g/mol. The summed E-state index contributed by atoms with van der Waals surface area (Å²) in [5.74, 6) is -1.14. The lowest BCUT2D eigenvalue weighted by atomic mass is 10.0. The molecule has 0 aliphatic carbocycles. The van der Waals surface area contributed by atoms with Crippen LogP contribution in [0.2, 0.25) is 0 Å². The number of rotatable bonds is 8. The van der Waals surface area contributed by atoms with E-state index in [1.165, 1.54) is 36.0 Å². The highest BCUT2D eigenvalue weighted by Crippen LogP contribution is 2.29. The van der Waals surface area contributed by atoms with Gasteiger partial charge in [0.2, 0.25) is 0 Å². The van der Waals surface area contributed by atoms with Gasteiger partial charge in [0, 0.05) is 16.3 Å². The minimum Gasteiger partial charge on any atom is -0.478 e. The Kier molecular flexibility index (Phi) is 7.47. The van der Waals surface area contributed by atoms with Gasteiger partial charge >= 0.3 is 12.3 Å². The maximum Gasteiger partial charge on any atom is 0.573 e. The summed E-state index contributed by atoms with van der Waals surface area (Å²) in [5.41, 5.74) is 1.84. The number of benzene rings is 3. The number of ether oxygens (including phenoxy) is 1. The molecule has 3 aromatic rings. The summed E-state index contributed by atoms with van der Waals surface area (Å²) < 4.78 is 69.0. The van der Waals surface area contributed by atoms with Gasteiger partial charge < -0.3 is 9.84 Å². The van der Waals surface area contributed by atoms with Gasteiger partial charge in [0.05, 0.1) is 10.5 Å². The number of carbonyl (C=O) groups is 1. The molecule has 0 saturated carbocycles. The molecule has 0 amide bonds. The van der Waals surface area contributed by atoms with Crippen molar-refractivity contribution < 1.29 is 36.2 Å². The van der Waals surface area contributed by atoms with Crippen LogP contribution in [0.3, 0.4) is 0 Å². The van der Waals surface area contributed by atoms with E-state index in [4.69, 9.17) is 0 Å². The molecule has 34 heavy (non-hydrogen) atoms. The normalized spacial score (nSPS) is 11.8. The van der Waals surface area contributed by atoms with E-state index in [0.29, 0.717) is 22.4 Å². The number of sulfonamides is 1. The standard InChI is InChI=1S/C23H20F3NO5S2/c1-14-10-20(12-21(15(14)2)22(28)29)34(30,31)27-17-6-8-19(9-7-17)33-13-16-4-3-5-18(11-16)32-23(24,25)26/h3-12,27H,13H2,1-2H3,(H,28,29). The molecule has 3 rings (SSSR count). The number of aryl methyl sites for hydroxylation is 1. The zero-order valence-corrected chi connectivity index (χ0v) is 19.6. The number of nitrogens with one attached hydrogen (secondary N) is 1. The molecule has 180 valence electrons. The SMILES string of the molecule is Cc1cc(S(=O)(=O)Nc2ccc(SCc3cccc(OC(F)(F)F)c3)cc2)cc(C(=O)O)c1C. The predicted octanol–water partition coefficient (Wildman–Crippen LogP) is 5.99. The maximum atomic E-state index is 12.8. The summed E-state index contributed by atoms with van der Waals surface area (Å²) in [4.78, 5) is 12.0. The van der Waals surface area contributed by atoms with Crippen molar-refractivity contribution in [2.24, 2.45) is 0 Å². The molecule has 0 unspecified atom stereocenters. The van der Waals surface area contributed by atoms with E-state index in [1.807, 2.05) is 0 Å². The fourth-order valence-electron chi connectivity index (χ4n) is 3.04. The lowest BCUT2D eigenvalue weighted by molar-refractivity contribution is -0.274. The van der Waals surface area contributed by atoms with Gasteiger partial charge in [-0.25, -0.2) is 13.2 Å². The van der Waals surface area contributed by atoms with Gasteiger partial charge in [0.15, 0.2) is 0 Å². The Labute approximate surface area is 198 Å². The second-order valence-corrected chi connectivity index (χ2v) is 10.1. The van der Waals surface area contributed by atoms with Crippen molar-refractivity contribution in [3.63, 3.8) is 0 Å². The Bertz CT molecular complexity index is 1310. The number of halogens is 3. The number of carboxylic acid groups (broad SMARTS) is 1. The highest BCUT2D eigenvalue weighted by atomic mass is 32.2. The van der Waals surface area contributed by atoms with E-state index in [0.717, 1.165) is 11.0 Å². The largest absolute Gasteiger partial charge is 0.573 e. The summed E-state index contributed by atoms with van der Waals surface area (Å²) in [5, 5.41) is 9.32. The van der Waals surface area contributed by atoms with Crippen LogP contribution >= 0.6 is 11.8 Å². The van der Waals surface area contributed by atoms with E-state index in [9.17, 15) is 31.5 Å². The van der Waals surface area contributed by atoms with Crippen molar-refractivity contribution in [1.82, 2.24) is 0 Å². The summed E-state index contributed by atoms with van der Waals surface area (Å²) in [6.07, 6.45) is -4.76. The Hall–Kier alpha value is -3.18. The van der Waals surface area contributed by atoms with Crippen molar-refractivity contribution in [2.45, 2.75) is 35.8 Å². The molecule has 6 nitrogen and oxygen atoms in total. The molecule has 3 aromatic carbocycles. The first-order valence-electron chi connectivity index (χ1n) is 9.79. The quantitative estimate of drug-likeness (QED) is 0.361. The van der Waals surface area contributed by atoms with Crippen molar-refractivity contribution >= 4 is 33.4 Å². The number of aromatic carboxylic acids is 1. The Morgan fingerprint density at radius 3 is 2.35 bits per heavy atom. The monoisotopic (exact) mass is 511 g/mol. The second-order valence-electron chi connectivity index (χ2n) is 7.33. The molecule has 0 saturated heterocycles. The van der Waals surface area contributed by atoms with Crippen molar-refractivity contribution in [3.8, 4) is 5.75 Å². The minimum absolute atomic E-state index is 0.0863. The smallest absolute Gasteiger partial charge is 0.478 e. The summed E-state index contributed by atoms with van der Waals surface area (Å²) in [6.45, 7) is 3.25. The van der Waals surface area contributed by atoms with Crippen LogP contribution in [-0.4, -0.2) is 25.9 Å². The van der Waals surface area contributed by atoms with E-state index < -0.39 is 22.4 Å². The maximum absolute atomic E-state index is 12.8. The first-order chi connectivity index (χ1) is 15.8. The third-order valence-corrected chi connectivity index (χ3v) is 7.27. The minimum atomic E-state index is -4.76. The molecule has 0 heterocycles. The molecule has 0 radical (unpaired) electrons. The van der Waals surface area contributed by atoms with Crippen LogP contribution in [0.25, 0.3) is 0 Å². The topological polar surface area (TPSA) is 92.7 Å². The van der Waals surface area contributed by atoms with Crippen LogP contribution in [0.4, 0.5) is 18.9 Å². The lowest BCUT2D eigenvalue weighted by Crippen LogP contribution is -2.17. The van der Waals surface area contributed by atoms with Crippen LogP contribution in [-0.2, 0) is 15.8 Å². The molecule has 0 spiro atoms. The van der Waals surface area contributed by atoms with Gasteiger partial charge in [-0.1, -0.05) is 12.1 Å². The predicted molar refractivity (Wildman–Crippen MR) is 123 cm³/mol. The van der Waals surface area contributed by atoms with Crippen molar-refractivity contribution in [1.29, 1.82) is 0 Å². The molecule has 2 N–H and O–H groups in total. The molecule has 0 aliphatic rings. The second kappa shape index (κ2) is 9.98. The number of hydrogen-bond acceptors (Lipinski definition) is 5. The molecule has 0 aromatic heterocycles. The van der Waals surface area contributed by atoms with Gasteiger partial charge in [0.1, 0.15) is 5.75 Å². The van der Waals surface area contributed by atoms with Crippen LogP contribution in [0.15, 0.2) is 70.5 Å². The molecular formula is C23H20F3NO5S2. The van der Waals surface area contributed by atoms with Crippen LogP contribution < -0.4 is 9.46 Å². The van der Waals surface area contributed by atoms with Crippen LogP contribution in [0.5, 0.6) is 5.75 Å². The molecule has 0 aliphatic heterocycles. The van der Waals surface area contributed by atoms with E-state index in [-0.39, 0.29) is 21.9 Å². The first-order valence-corrected chi connectivity index (χ1v) is 12.3. The van der Waals surface area contributed by atoms with Crippen molar-refractivity contribution in [3.05, 3.63) is 82.9 Å². The summed E-state index contributed by atoms with van der Waals surface area (Å²) >= 11 is 1.35. The number of thioether (sulfide) groups is 1. The number of anilines is 1. The number of hydrogen-bond donors (Lipinski definition) is 2. The van der Waals surface area contributed by atoms with Gasteiger partial charge in [-0.05, 0) is 79.1 Å². The van der Waals surface area contributed by atoms with Crippen molar-refractivity contribution in [2.75, 3.05) is 4.72 Å². The van der Waals surface area contributed by atoms with Gasteiger partial charge in [-0.3, -0.25) is 4.72 Å². The average Bonchev–Trinajstić information content (AvgIpc) is 2.73. The van der Waals surface area contributed by atoms with Crippen LogP contribution in [0, 0.1) is 13.8 Å². The summed E-state index contributed by atoms with van der Waals surface area (Å²) in [7, 11) is -4.02. The lowest BCUT2D eigenvalue weighted by Gasteiger charge is -2.12. The van der Waals surface area contributed by atoms with Gasteiger partial charge in [0.25, 0.3) is 10.0 Å². The molecule has 0 bridgehead atoms. The zero-order valence-electron chi connectivity index (χ0n) is 18.0. The Morgan fingerprint density at radius 2 is 1.74 bits per heavy atom. The first kappa shape index (κ1) is 25.4. The van der Waals surface area contributed by atoms with E-state index in [2.05, 4.69) is 9.46 Å². The number of carboxylic acids is 1. The van der Waals surface area contributed by atoms with Gasteiger partial charge in [-0.15, -0.1) is 24.9 Å². The third kappa shape index (κ3) is 6.67. The molecule has 11 heteroatoms. The number of alkyl halides is 3. The molecule has 0 atom stereocenters. The van der Waals surface area contributed by atoms with E-state index in [1.54, 1.807) is 44.2 Å². The highest BCUT2D eigenvalue weighted by molar-refractivity contribution is 7.98. The zero-order chi connectivity index (χ0) is 25.1. The Morgan fingerprint density at radius 1 is 1.06 bits per heavy atom. The summed E-state index contributed by atoms with van der Waals surface area (Å²) in [6, 6.07) is 14.6. The Balaban J connectivity index is 1.68. The fourth-order valence-corrected chi connectivity index (χ4v) is 5.05. The molecule has 0 fully saturated rings. The highest BCUT2D eigenvalue weighted by Gasteiger charge is 2.31. The van der Waals surface area contributed by atoms with E-state index >= 15 is 0 Å². The third-order valence-electron chi connectivity index (χ3n) is 4.83. The fraction of sp³-hybridized carbons (Fsp3) is 0.174. The van der Waals surface area contributed by atoms with Crippen LogP contribution in [0.1, 0.15) is 27.0 Å².